The van der Waals surface area contributed by atoms with E-state index in [4.69, 9.17) is 22.1 Å². The Morgan fingerprint density at radius 3 is 2.60 bits per heavy atom. The zero-order chi connectivity index (χ0) is 14.2. The number of nitrogens with two attached hydrogens (primary N) is 1. The lowest BCUT2D eigenvalue weighted by Crippen LogP contribution is -2.03. The summed E-state index contributed by atoms with van der Waals surface area (Å²) in [5.41, 5.74) is 6.76. The fourth-order valence-corrected chi connectivity index (χ4v) is 2.84. The average Bonchev–Trinajstić information content (AvgIpc) is 2.46. The highest BCUT2D eigenvalue weighted by Gasteiger charge is 1.98. The first-order valence-electron chi connectivity index (χ1n) is 6.58. The summed E-state index contributed by atoms with van der Waals surface area (Å²) in [4.78, 5) is 1.17. The number of hydrogen-bond donors (Lipinski definition) is 1. The molecule has 0 saturated carbocycles. The van der Waals surface area contributed by atoms with Crippen LogP contribution in [-0.2, 0) is 6.42 Å². The van der Waals surface area contributed by atoms with Crippen molar-refractivity contribution in [2.75, 3.05) is 18.9 Å². The van der Waals surface area contributed by atoms with Gasteiger partial charge in [-0.15, -0.1) is 11.8 Å². The summed E-state index contributed by atoms with van der Waals surface area (Å²) in [5.74, 6) is 1.79. The van der Waals surface area contributed by atoms with Crippen LogP contribution < -0.4 is 10.5 Å². The molecule has 2 rings (SSSR count). The van der Waals surface area contributed by atoms with Crippen molar-refractivity contribution in [3.05, 3.63) is 59.1 Å². The van der Waals surface area contributed by atoms with E-state index in [0.717, 1.165) is 22.9 Å². The molecule has 0 radical (unpaired) electrons. The van der Waals surface area contributed by atoms with Crippen LogP contribution in [0, 0.1) is 0 Å². The average molecular weight is 308 g/mol. The van der Waals surface area contributed by atoms with Gasteiger partial charge in [-0.25, -0.2) is 0 Å². The summed E-state index contributed by atoms with van der Waals surface area (Å²) in [6, 6.07) is 16.0. The van der Waals surface area contributed by atoms with Gasteiger partial charge in [0.2, 0.25) is 0 Å². The number of ether oxygens (including phenoxy) is 1. The fraction of sp³-hybridized carbons (Fsp3) is 0.250. The highest BCUT2D eigenvalue weighted by molar-refractivity contribution is 7.99. The zero-order valence-electron chi connectivity index (χ0n) is 11.2. The van der Waals surface area contributed by atoms with Gasteiger partial charge in [0, 0.05) is 15.7 Å². The van der Waals surface area contributed by atoms with Crippen molar-refractivity contribution >= 4 is 23.4 Å². The van der Waals surface area contributed by atoms with E-state index in [1.165, 1.54) is 10.5 Å². The predicted molar refractivity (Wildman–Crippen MR) is 86.9 cm³/mol. The van der Waals surface area contributed by atoms with Crippen LogP contribution >= 0.6 is 23.4 Å². The quantitative estimate of drug-likeness (QED) is 0.620. The Morgan fingerprint density at radius 1 is 1.10 bits per heavy atom. The molecule has 0 amide bonds. The van der Waals surface area contributed by atoms with Gasteiger partial charge >= 0.3 is 0 Å². The largest absolute Gasteiger partial charge is 0.493 e. The molecule has 0 unspecified atom stereocenters. The lowest BCUT2D eigenvalue weighted by atomic mass is 10.1. The highest BCUT2D eigenvalue weighted by atomic mass is 35.5. The molecule has 0 aliphatic carbocycles. The van der Waals surface area contributed by atoms with Gasteiger partial charge in [0.1, 0.15) is 5.75 Å². The molecular formula is C16H18ClNOS. The summed E-state index contributed by atoms with van der Waals surface area (Å²) in [7, 11) is 0. The molecular weight excluding hydrogens is 290 g/mol. The van der Waals surface area contributed by atoms with Gasteiger partial charge in [-0.2, -0.15) is 0 Å². The minimum atomic E-state index is 0.674. The highest BCUT2D eigenvalue weighted by Crippen LogP contribution is 2.21. The third-order valence-electron chi connectivity index (χ3n) is 2.77. The van der Waals surface area contributed by atoms with Gasteiger partial charge in [0.25, 0.3) is 0 Å². The first-order chi connectivity index (χ1) is 9.78. The van der Waals surface area contributed by atoms with Crippen molar-refractivity contribution in [1.29, 1.82) is 0 Å². The van der Waals surface area contributed by atoms with Crippen molar-refractivity contribution in [3.63, 3.8) is 0 Å². The van der Waals surface area contributed by atoms with Gasteiger partial charge in [0.05, 0.1) is 6.61 Å². The molecule has 2 N–H and O–H groups in total. The Hall–Kier alpha value is -1.16. The lowest BCUT2D eigenvalue weighted by molar-refractivity contribution is 0.344. The summed E-state index contributed by atoms with van der Waals surface area (Å²) in [6.45, 7) is 1.35. The van der Waals surface area contributed by atoms with Crippen molar-refractivity contribution in [2.45, 2.75) is 11.3 Å². The Bertz CT molecular complexity index is 530. The summed E-state index contributed by atoms with van der Waals surface area (Å²) < 4.78 is 5.71. The van der Waals surface area contributed by atoms with E-state index in [9.17, 15) is 0 Å². The molecule has 0 aromatic heterocycles. The Balaban J connectivity index is 1.73. The Labute approximate surface area is 129 Å². The number of thioether (sulfide) groups is 1. The molecule has 2 nitrogen and oxygen atoms in total. The van der Waals surface area contributed by atoms with Gasteiger partial charge in [-0.1, -0.05) is 29.8 Å². The van der Waals surface area contributed by atoms with E-state index in [1.54, 1.807) is 11.8 Å². The molecule has 4 heteroatoms. The van der Waals surface area contributed by atoms with Crippen molar-refractivity contribution in [1.82, 2.24) is 0 Å². The van der Waals surface area contributed by atoms with Crippen LogP contribution in [0.4, 0.5) is 0 Å². The van der Waals surface area contributed by atoms with Crippen molar-refractivity contribution < 1.29 is 4.74 Å². The maximum atomic E-state index is 5.94. The molecule has 0 saturated heterocycles. The maximum Gasteiger partial charge on any atom is 0.119 e. The molecule has 20 heavy (non-hydrogen) atoms. The van der Waals surface area contributed by atoms with Crippen LogP contribution in [0.3, 0.4) is 0 Å². The second-order valence-electron chi connectivity index (χ2n) is 4.34. The molecule has 0 aliphatic rings. The van der Waals surface area contributed by atoms with E-state index in [-0.39, 0.29) is 0 Å². The van der Waals surface area contributed by atoms with E-state index in [1.807, 2.05) is 30.3 Å². The van der Waals surface area contributed by atoms with E-state index < -0.39 is 0 Å². The third kappa shape index (κ3) is 5.08. The van der Waals surface area contributed by atoms with Crippen LogP contribution in [0.5, 0.6) is 5.75 Å². The smallest absolute Gasteiger partial charge is 0.119 e. The summed E-state index contributed by atoms with van der Waals surface area (Å²) in [6.07, 6.45) is 0.908. The number of hydrogen-bond acceptors (Lipinski definition) is 3. The number of rotatable bonds is 7. The van der Waals surface area contributed by atoms with Crippen LogP contribution in [0.2, 0.25) is 5.02 Å². The molecule has 0 aliphatic heterocycles. The summed E-state index contributed by atoms with van der Waals surface area (Å²) in [5, 5.41) is 0.770. The van der Waals surface area contributed by atoms with E-state index in [2.05, 4.69) is 18.2 Å². The first kappa shape index (κ1) is 15.2. The van der Waals surface area contributed by atoms with Crippen molar-refractivity contribution in [3.8, 4) is 5.75 Å². The molecule has 0 heterocycles. The van der Waals surface area contributed by atoms with Gasteiger partial charge in [-0.05, 0) is 48.9 Å². The third-order valence-corrected chi connectivity index (χ3v) is 3.97. The molecule has 106 valence electrons. The Morgan fingerprint density at radius 2 is 1.90 bits per heavy atom. The molecule has 0 atom stereocenters. The second kappa shape index (κ2) is 8.20. The SMILES string of the molecule is NCCc1ccc(OCCSc2cccc(Cl)c2)cc1. The standard InChI is InChI=1S/C16H18ClNOS/c17-14-2-1-3-16(12-14)20-11-10-19-15-6-4-13(5-7-15)8-9-18/h1-7,12H,8-11,18H2. The fourth-order valence-electron chi connectivity index (χ4n) is 1.79. The topological polar surface area (TPSA) is 35.2 Å². The van der Waals surface area contributed by atoms with Gasteiger partial charge in [-0.3, -0.25) is 0 Å². The van der Waals surface area contributed by atoms with E-state index in [0.29, 0.717) is 13.2 Å². The second-order valence-corrected chi connectivity index (χ2v) is 5.94. The minimum absolute atomic E-state index is 0.674. The maximum absolute atomic E-state index is 5.94. The molecule has 2 aromatic rings. The summed E-state index contributed by atoms with van der Waals surface area (Å²) >= 11 is 7.68. The predicted octanol–water partition coefficient (Wildman–Crippen LogP) is 4.01. The molecule has 0 fully saturated rings. The van der Waals surface area contributed by atoms with Gasteiger partial charge in [0.15, 0.2) is 0 Å². The molecule has 0 spiro atoms. The number of halogens is 1. The van der Waals surface area contributed by atoms with Crippen LogP contribution in [-0.4, -0.2) is 18.9 Å². The Kier molecular flexibility index (Phi) is 6.25. The zero-order valence-corrected chi connectivity index (χ0v) is 12.8. The lowest BCUT2D eigenvalue weighted by Gasteiger charge is -2.07. The minimum Gasteiger partial charge on any atom is -0.493 e. The molecule has 0 bridgehead atoms. The van der Waals surface area contributed by atoms with Crippen LogP contribution in [0.1, 0.15) is 5.56 Å². The monoisotopic (exact) mass is 307 g/mol. The normalized spacial score (nSPS) is 10.5. The van der Waals surface area contributed by atoms with Gasteiger partial charge < -0.3 is 10.5 Å². The van der Waals surface area contributed by atoms with Crippen molar-refractivity contribution in [2.24, 2.45) is 5.73 Å². The number of benzene rings is 2. The van der Waals surface area contributed by atoms with Crippen LogP contribution in [0.15, 0.2) is 53.4 Å². The van der Waals surface area contributed by atoms with Crippen LogP contribution in [0.25, 0.3) is 0 Å². The van der Waals surface area contributed by atoms with E-state index >= 15 is 0 Å². The first-order valence-corrected chi connectivity index (χ1v) is 7.94. The molecule has 2 aromatic carbocycles.